The Morgan fingerprint density at radius 1 is 1.17 bits per heavy atom. The van der Waals surface area contributed by atoms with Crippen molar-refractivity contribution in [3.05, 3.63) is 63.4 Å². The first-order valence-corrected chi connectivity index (χ1v) is 15.7. The van der Waals surface area contributed by atoms with Gasteiger partial charge in [0.05, 0.1) is 41.7 Å². The Kier molecular flexibility index (Phi) is 10.4. The van der Waals surface area contributed by atoms with Crippen molar-refractivity contribution in [2.45, 2.75) is 77.2 Å². The molecule has 0 saturated carbocycles. The van der Waals surface area contributed by atoms with E-state index in [4.69, 9.17) is 29.0 Å². The monoisotopic (exact) mass is 666 g/mol. The summed E-state index contributed by atoms with van der Waals surface area (Å²) < 4.78 is 22.7. The third kappa shape index (κ3) is 6.88. The molecule has 0 saturated heterocycles. The predicted octanol–water partition coefficient (Wildman–Crippen LogP) is 1.36. The number of hydrogen-bond acceptors (Lipinski definition) is 12. The fourth-order valence-corrected chi connectivity index (χ4v) is 5.72. The first kappa shape index (κ1) is 34.5. The van der Waals surface area contributed by atoms with Crippen molar-refractivity contribution in [2.24, 2.45) is 0 Å². The molecule has 3 aromatic rings. The number of alkyl carbamates (subject to hydrolysis) is 1. The Morgan fingerprint density at radius 2 is 1.94 bits per heavy atom. The van der Waals surface area contributed by atoms with Gasteiger partial charge in [-0.1, -0.05) is 32.0 Å². The van der Waals surface area contributed by atoms with Gasteiger partial charge in [-0.2, -0.15) is 0 Å². The number of amides is 2. The van der Waals surface area contributed by atoms with Crippen LogP contribution in [0.1, 0.15) is 56.7 Å². The molecule has 1 aromatic carbocycles. The number of carbonyl (C=O) groups excluding carboxylic acids is 4. The molecule has 2 unspecified atom stereocenters. The van der Waals surface area contributed by atoms with Crippen LogP contribution in [0.15, 0.2) is 41.2 Å². The van der Waals surface area contributed by atoms with Crippen LogP contribution in [0, 0.1) is 0 Å². The maximum absolute atomic E-state index is 13.7. The molecule has 15 nitrogen and oxygen atoms in total. The summed E-state index contributed by atoms with van der Waals surface area (Å²) in [6.45, 7) is 3.81. The minimum atomic E-state index is -1.94. The van der Waals surface area contributed by atoms with Crippen LogP contribution in [0.2, 0.25) is 0 Å². The number of cyclic esters (lactones) is 1. The second-order valence-corrected chi connectivity index (χ2v) is 11.5. The van der Waals surface area contributed by atoms with Gasteiger partial charge >= 0.3 is 18.0 Å². The van der Waals surface area contributed by atoms with Crippen LogP contribution in [-0.2, 0) is 52.1 Å². The zero-order valence-corrected chi connectivity index (χ0v) is 26.8. The Bertz CT molecular complexity index is 1790. The lowest BCUT2D eigenvalue weighted by molar-refractivity contribution is -0.190. The quantitative estimate of drug-likeness (QED) is 0.0907. The minimum absolute atomic E-state index is 0.0446. The summed E-state index contributed by atoms with van der Waals surface area (Å²) in [6, 6.07) is 10.0. The van der Waals surface area contributed by atoms with E-state index in [9.17, 15) is 29.1 Å². The number of aliphatic hydroxyl groups excluding tert-OH is 2. The van der Waals surface area contributed by atoms with Crippen molar-refractivity contribution in [3.8, 4) is 11.4 Å². The molecule has 0 radical (unpaired) electrons. The zero-order chi connectivity index (χ0) is 34.6. The normalized spacial score (nSPS) is 18.1. The standard InChI is InChI=1S/C33H38N4O11/c1-4-21(15-38)47-27(40)17-46-32(44)34-11-10-26(39)35-18(3)30(42)48-33(5-2)23-13-25-28-20(12-19-8-6-7-9-24(19)36-28)14-37(25)29(41)22(23)16-45-31(33)43/h6-9,12-13,18,21,27,38,40H,4-5,10-11,14-17H2,1-3H3,(H,34,44)(H,35,39)/t18-,21?,27?,33-/m0/s1. The lowest BCUT2D eigenvalue weighted by Crippen LogP contribution is -2.50. The molecule has 2 aliphatic rings. The molecular formula is C33H38N4O11. The SMILES string of the molecule is CCC(CO)OC(O)COC(=O)NCCC(=O)N[C@@H](C)C(=O)O[C@]1(CC)C(=O)OCc2c1cc1n(c2=O)Cc2cc3ccccc3nc2-1. The number of para-hydroxylation sites is 1. The number of hydrogen-bond donors (Lipinski definition) is 4. The number of fused-ring (bicyclic) bond motifs is 5. The largest absolute Gasteiger partial charge is 0.457 e. The number of ether oxygens (including phenoxy) is 4. The van der Waals surface area contributed by atoms with Crippen molar-refractivity contribution in [1.82, 2.24) is 20.2 Å². The minimum Gasteiger partial charge on any atom is -0.457 e. The van der Waals surface area contributed by atoms with Gasteiger partial charge in [0.25, 0.3) is 5.56 Å². The summed E-state index contributed by atoms with van der Waals surface area (Å²) in [6.07, 6.45) is -2.78. The molecule has 4 atom stereocenters. The summed E-state index contributed by atoms with van der Waals surface area (Å²) in [5, 5.41) is 24.6. The van der Waals surface area contributed by atoms with E-state index in [0.717, 1.165) is 16.5 Å². The number of benzene rings is 1. The third-order valence-corrected chi connectivity index (χ3v) is 8.38. The van der Waals surface area contributed by atoms with Crippen LogP contribution in [0.3, 0.4) is 0 Å². The molecule has 4 N–H and O–H groups in total. The lowest BCUT2D eigenvalue weighted by Gasteiger charge is -2.36. The lowest BCUT2D eigenvalue weighted by atomic mass is 9.85. The molecule has 15 heteroatoms. The van der Waals surface area contributed by atoms with Crippen LogP contribution >= 0.6 is 0 Å². The molecule has 256 valence electrons. The zero-order valence-electron chi connectivity index (χ0n) is 26.8. The van der Waals surface area contributed by atoms with Crippen molar-refractivity contribution in [1.29, 1.82) is 0 Å². The fourth-order valence-electron chi connectivity index (χ4n) is 5.72. The number of nitrogens with zero attached hydrogens (tertiary/aromatic N) is 2. The van der Waals surface area contributed by atoms with E-state index in [1.165, 1.54) is 6.92 Å². The van der Waals surface area contributed by atoms with Crippen LogP contribution in [0.25, 0.3) is 22.3 Å². The van der Waals surface area contributed by atoms with E-state index in [-0.39, 0.29) is 55.8 Å². The molecule has 48 heavy (non-hydrogen) atoms. The number of aromatic nitrogens is 2. The van der Waals surface area contributed by atoms with Crippen molar-refractivity contribution >= 4 is 34.8 Å². The smallest absolute Gasteiger partial charge is 0.407 e. The van der Waals surface area contributed by atoms with Crippen molar-refractivity contribution < 1.29 is 48.3 Å². The molecule has 0 bridgehead atoms. The maximum Gasteiger partial charge on any atom is 0.407 e. The van der Waals surface area contributed by atoms with Crippen molar-refractivity contribution in [2.75, 3.05) is 19.8 Å². The predicted molar refractivity (Wildman–Crippen MR) is 168 cm³/mol. The fraction of sp³-hybridized carbons (Fsp3) is 0.455. The highest BCUT2D eigenvalue weighted by Crippen LogP contribution is 2.41. The summed E-state index contributed by atoms with van der Waals surface area (Å²) in [5.41, 5.74) is 0.762. The second kappa shape index (κ2) is 14.5. The van der Waals surface area contributed by atoms with E-state index in [1.807, 2.05) is 30.3 Å². The molecular weight excluding hydrogens is 628 g/mol. The van der Waals surface area contributed by atoms with Gasteiger partial charge in [0, 0.05) is 29.5 Å². The van der Waals surface area contributed by atoms with Gasteiger partial charge in [0.15, 0.2) is 6.29 Å². The molecule has 4 heterocycles. The van der Waals surface area contributed by atoms with Crippen LogP contribution < -0.4 is 16.2 Å². The number of aliphatic hydroxyl groups is 2. The highest BCUT2D eigenvalue weighted by Gasteiger charge is 2.51. The maximum atomic E-state index is 13.7. The van der Waals surface area contributed by atoms with E-state index in [2.05, 4.69) is 10.6 Å². The summed E-state index contributed by atoms with van der Waals surface area (Å²) in [5.74, 6) is -2.38. The Balaban J connectivity index is 1.23. The van der Waals surface area contributed by atoms with Gasteiger partial charge in [-0.15, -0.1) is 0 Å². The second-order valence-electron chi connectivity index (χ2n) is 11.5. The van der Waals surface area contributed by atoms with Gasteiger partial charge in [-0.3, -0.25) is 9.59 Å². The number of pyridine rings is 2. The third-order valence-electron chi connectivity index (χ3n) is 8.38. The molecule has 5 rings (SSSR count). The molecule has 0 aliphatic carbocycles. The van der Waals surface area contributed by atoms with Gasteiger partial charge in [0.1, 0.15) is 19.3 Å². The summed E-state index contributed by atoms with van der Waals surface area (Å²) in [4.78, 5) is 69.5. The highest BCUT2D eigenvalue weighted by atomic mass is 16.6. The topological polar surface area (TPSA) is 205 Å². The van der Waals surface area contributed by atoms with Gasteiger partial charge in [-0.05, 0) is 38.0 Å². The molecule has 2 amide bonds. The molecule has 2 aliphatic heterocycles. The molecule has 0 spiro atoms. The van der Waals surface area contributed by atoms with E-state index < -0.39 is 54.6 Å². The van der Waals surface area contributed by atoms with Gasteiger partial charge in [0.2, 0.25) is 11.5 Å². The number of esters is 2. The number of carbonyl (C=O) groups is 4. The molecule has 0 fully saturated rings. The number of rotatable bonds is 13. The van der Waals surface area contributed by atoms with E-state index in [1.54, 1.807) is 24.5 Å². The van der Waals surface area contributed by atoms with Crippen LogP contribution in [0.5, 0.6) is 0 Å². The summed E-state index contributed by atoms with van der Waals surface area (Å²) >= 11 is 0. The van der Waals surface area contributed by atoms with Crippen LogP contribution in [-0.4, -0.2) is 81.9 Å². The van der Waals surface area contributed by atoms with E-state index >= 15 is 0 Å². The summed E-state index contributed by atoms with van der Waals surface area (Å²) in [7, 11) is 0. The average molecular weight is 667 g/mol. The number of nitrogens with one attached hydrogen (secondary N) is 2. The Morgan fingerprint density at radius 3 is 2.67 bits per heavy atom. The molecule has 2 aromatic heterocycles. The van der Waals surface area contributed by atoms with Gasteiger partial charge in [-0.25, -0.2) is 19.4 Å². The van der Waals surface area contributed by atoms with Crippen molar-refractivity contribution in [3.63, 3.8) is 0 Å². The van der Waals surface area contributed by atoms with E-state index in [0.29, 0.717) is 17.8 Å². The first-order chi connectivity index (χ1) is 23.0. The van der Waals surface area contributed by atoms with Crippen LogP contribution in [0.4, 0.5) is 4.79 Å². The Labute approximate surface area is 275 Å². The Hall–Kier alpha value is -4.86. The average Bonchev–Trinajstić information content (AvgIpc) is 3.44. The highest BCUT2D eigenvalue weighted by molar-refractivity contribution is 5.90. The first-order valence-electron chi connectivity index (χ1n) is 15.7. The van der Waals surface area contributed by atoms with Gasteiger partial charge < -0.3 is 44.4 Å².